The minimum absolute atomic E-state index is 0.0887. The zero-order valence-electron chi connectivity index (χ0n) is 17.7. The molecular weight excluding hydrogens is 356 g/mol. The highest BCUT2D eigenvalue weighted by molar-refractivity contribution is 7.08. The van der Waals surface area contributed by atoms with Crippen molar-refractivity contribution in [3.8, 4) is 0 Å². The van der Waals surface area contributed by atoms with Crippen LogP contribution in [0.15, 0.2) is 10.2 Å². The smallest absolute Gasteiger partial charge is 0.163 e. The van der Waals surface area contributed by atoms with E-state index in [4.69, 9.17) is 11.1 Å². The summed E-state index contributed by atoms with van der Waals surface area (Å²) in [6, 6.07) is 1.19. The molecule has 0 atom stereocenters. The second kappa shape index (κ2) is 16.1. The monoisotopic (exact) mass is 399 g/mol. The van der Waals surface area contributed by atoms with E-state index in [0.717, 1.165) is 6.42 Å². The quantitative estimate of drug-likeness (QED) is 0.111. The molecule has 4 heteroatoms. The Kier molecular flexibility index (Phi) is 14.9. The van der Waals surface area contributed by atoms with Gasteiger partial charge in [-0.25, -0.2) is 0 Å². The third-order valence-corrected chi connectivity index (χ3v) is 9.24. The minimum atomic E-state index is -0.924. The molecular formula is C22H44ClN2Si. The van der Waals surface area contributed by atoms with Crippen molar-refractivity contribution >= 4 is 19.2 Å². The molecule has 0 spiro atoms. The number of nitrogens with zero attached hydrogens (tertiary/aromatic N) is 2. The van der Waals surface area contributed by atoms with Crippen molar-refractivity contribution in [1.82, 2.24) is 0 Å². The number of halogens is 1. The minimum Gasteiger partial charge on any atom is -0.163 e. The van der Waals surface area contributed by atoms with Crippen LogP contribution in [0.5, 0.6) is 0 Å². The van der Waals surface area contributed by atoms with E-state index in [1.165, 1.54) is 115 Å². The van der Waals surface area contributed by atoms with Gasteiger partial charge in [0.05, 0.1) is 0 Å². The zero-order valence-corrected chi connectivity index (χ0v) is 19.5. The fraction of sp³-hybridized carbons (Fsp3) is 1.00. The van der Waals surface area contributed by atoms with Crippen LogP contribution >= 0.6 is 11.1 Å². The standard InChI is InChI=1S/C22H44ClN2Si/c1-3-5-7-9-11-13-15-17-19-21-26(23)22(24-25-22)20-18-16-14-12-10-8-6-4-2/h3-21H2,1-2H3. The molecule has 0 bridgehead atoms. The highest BCUT2D eigenvalue weighted by atomic mass is 35.6. The fourth-order valence-corrected chi connectivity index (χ4v) is 6.29. The molecule has 0 fully saturated rings. The number of hydrogen-bond acceptors (Lipinski definition) is 2. The first-order chi connectivity index (χ1) is 12.7. The van der Waals surface area contributed by atoms with Crippen molar-refractivity contribution < 1.29 is 0 Å². The van der Waals surface area contributed by atoms with Gasteiger partial charge in [0.15, 0.2) is 5.29 Å². The first-order valence-electron chi connectivity index (χ1n) is 11.7. The molecule has 26 heavy (non-hydrogen) atoms. The van der Waals surface area contributed by atoms with E-state index < -0.39 is 8.11 Å². The van der Waals surface area contributed by atoms with Gasteiger partial charge >= 0.3 is 0 Å². The third-order valence-electron chi connectivity index (χ3n) is 5.65. The SMILES string of the molecule is CCCCCCCCCCC[Si](Cl)C1(CCCCCCCCCC)N=N1. The maximum Gasteiger partial charge on any atom is 0.229 e. The maximum absolute atomic E-state index is 6.74. The van der Waals surface area contributed by atoms with Gasteiger partial charge in [-0.05, 0) is 18.9 Å². The van der Waals surface area contributed by atoms with E-state index in [0.29, 0.717) is 0 Å². The fourth-order valence-electron chi connectivity index (χ4n) is 3.70. The van der Waals surface area contributed by atoms with Gasteiger partial charge < -0.3 is 0 Å². The van der Waals surface area contributed by atoms with Crippen molar-refractivity contribution in [2.45, 2.75) is 141 Å². The van der Waals surface area contributed by atoms with Gasteiger partial charge in [-0.3, -0.25) is 0 Å². The Balaban J connectivity index is 1.91. The van der Waals surface area contributed by atoms with Gasteiger partial charge in [-0.2, -0.15) is 21.3 Å². The molecule has 1 heterocycles. The van der Waals surface area contributed by atoms with Gasteiger partial charge in [0, 0.05) is 0 Å². The van der Waals surface area contributed by atoms with E-state index in [2.05, 4.69) is 24.1 Å². The Bertz CT molecular complexity index is 343. The highest BCUT2D eigenvalue weighted by Crippen LogP contribution is 2.40. The molecule has 0 saturated carbocycles. The molecule has 0 amide bonds. The molecule has 2 nitrogen and oxygen atoms in total. The predicted octanol–water partition coefficient (Wildman–Crippen LogP) is 8.98. The summed E-state index contributed by atoms with van der Waals surface area (Å²) >= 11 is 6.74. The van der Waals surface area contributed by atoms with Gasteiger partial charge in [0.25, 0.3) is 0 Å². The van der Waals surface area contributed by atoms with Crippen LogP contribution in [0.2, 0.25) is 6.04 Å². The molecule has 1 aliphatic rings. The molecule has 1 rings (SSSR count). The second-order valence-electron chi connectivity index (χ2n) is 8.22. The summed E-state index contributed by atoms with van der Waals surface area (Å²) in [6.45, 7) is 4.56. The van der Waals surface area contributed by atoms with Crippen LogP contribution in [0.3, 0.4) is 0 Å². The van der Waals surface area contributed by atoms with Crippen LogP contribution in [0.4, 0.5) is 0 Å². The van der Waals surface area contributed by atoms with Crippen molar-refractivity contribution in [3.05, 3.63) is 0 Å². The molecule has 0 aromatic rings. The average Bonchev–Trinajstić information content (AvgIpc) is 3.43. The topological polar surface area (TPSA) is 24.7 Å². The van der Waals surface area contributed by atoms with E-state index in [9.17, 15) is 0 Å². The largest absolute Gasteiger partial charge is 0.229 e. The molecule has 0 aliphatic carbocycles. The zero-order chi connectivity index (χ0) is 18.9. The average molecular weight is 400 g/mol. The maximum atomic E-state index is 6.74. The molecule has 0 unspecified atom stereocenters. The lowest BCUT2D eigenvalue weighted by Crippen LogP contribution is -2.29. The number of rotatable bonds is 20. The Morgan fingerprint density at radius 2 is 0.962 bits per heavy atom. The van der Waals surface area contributed by atoms with Crippen LogP contribution in [-0.2, 0) is 0 Å². The lowest BCUT2D eigenvalue weighted by atomic mass is 10.1. The molecule has 0 saturated heterocycles. The predicted molar refractivity (Wildman–Crippen MR) is 118 cm³/mol. The van der Waals surface area contributed by atoms with Crippen LogP contribution in [0, 0.1) is 0 Å². The Hall–Kier alpha value is 0.107. The van der Waals surface area contributed by atoms with Crippen LogP contribution in [-0.4, -0.2) is 13.4 Å². The molecule has 153 valence electrons. The first kappa shape index (κ1) is 24.1. The van der Waals surface area contributed by atoms with Gasteiger partial charge in [0.2, 0.25) is 8.11 Å². The lowest BCUT2D eigenvalue weighted by Gasteiger charge is -2.14. The Morgan fingerprint density at radius 3 is 1.38 bits per heavy atom. The van der Waals surface area contributed by atoms with E-state index in [1.54, 1.807) is 0 Å². The second-order valence-corrected chi connectivity index (χ2v) is 11.7. The molecule has 1 aliphatic heterocycles. The summed E-state index contributed by atoms with van der Waals surface area (Å²) in [5.74, 6) is 0. The Morgan fingerprint density at radius 1 is 0.577 bits per heavy atom. The van der Waals surface area contributed by atoms with Crippen LogP contribution < -0.4 is 0 Å². The van der Waals surface area contributed by atoms with Gasteiger partial charge in [0.1, 0.15) is 0 Å². The van der Waals surface area contributed by atoms with Gasteiger partial charge in [-0.1, -0.05) is 117 Å². The highest BCUT2D eigenvalue weighted by Gasteiger charge is 2.47. The van der Waals surface area contributed by atoms with E-state index in [1.807, 2.05) is 0 Å². The molecule has 0 N–H and O–H groups in total. The van der Waals surface area contributed by atoms with Crippen LogP contribution in [0.1, 0.15) is 129 Å². The lowest BCUT2D eigenvalue weighted by molar-refractivity contribution is 0.547. The van der Waals surface area contributed by atoms with Crippen molar-refractivity contribution in [3.63, 3.8) is 0 Å². The Labute approximate surface area is 170 Å². The normalized spacial score (nSPS) is 15.1. The van der Waals surface area contributed by atoms with E-state index >= 15 is 0 Å². The third kappa shape index (κ3) is 11.7. The summed E-state index contributed by atoms with van der Waals surface area (Å²) < 4.78 is 0. The summed E-state index contributed by atoms with van der Waals surface area (Å²) in [7, 11) is -0.924. The van der Waals surface area contributed by atoms with Crippen molar-refractivity contribution in [1.29, 1.82) is 0 Å². The summed E-state index contributed by atoms with van der Waals surface area (Å²) in [4.78, 5) is 0. The van der Waals surface area contributed by atoms with Crippen LogP contribution in [0.25, 0.3) is 0 Å². The van der Waals surface area contributed by atoms with Crippen molar-refractivity contribution in [2.75, 3.05) is 0 Å². The summed E-state index contributed by atoms with van der Waals surface area (Å²) in [5, 5.41) is 8.69. The molecule has 1 radical (unpaired) electrons. The summed E-state index contributed by atoms with van der Waals surface area (Å²) in [5.41, 5.74) is 0. The molecule has 0 aromatic heterocycles. The molecule has 0 aromatic carbocycles. The summed E-state index contributed by atoms with van der Waals surface area (Å²) in [6.07, 6.45) is 24.5. The number of hydrogen-bond donors (Lipinski definition) is 0. The van der Waals surface area contributed by atoms with Gasteiger partial charge in [-0.15, -0.1) is 0 Å². The van der Waals surface area contributed by atoms with Crippen molar-refractivity contribution in [2.24, 2.45) is 10.2 Å². The van der Waals surface area contributed by atoms with E-state index in [-0.39, 0.29) is 5.29 Å². The number of unbranched alkanes of at least 4 members (excludes halogenated alkanes) is 15. The first-order valence-corrected chi connectivity index (χ1v) is 14.4.